The highest BCUT2D eigenvalue weighted by Crippen LogP contribution is 2.38. The van der Waals surface area contributed by atoms with Gasteiger partial charge in [0, 0.05) is 69.4 Å². The van der Waals surface area contributed by atoms with Crippen LogP contribution in [0.2, 0.25) is 10.0 Å². The fourth-order valence-electron chi connectivity index (χ4n) is 6.89. The second kappa shape index (κ2) is 12.1. The van der Waals surface area contributed by atoms with Gasteiger partial charge in [0.05, 0.1) is 5.57 Å². The van der Waals surface area contributed by atoms with Crippen molar-refractivity contribution in [2.24, 2.45) is 0 Å². The Kier molecular flexibility index (Phi) is 7.63. The predicted molar refractivity (Wildman–Crippen MR) is 185 cm³/mol. The lowest BCUT2D eigenvalue weighted by Crippen LogP contribution is -2.42. The normalized spacial score (nSPS) is 18.5. The van der Waals surface area contributed by atoms with Gasteiger partial charge in [-0.1, -0.05) is 71.7 Å². The molecule has 2 atom stereocenters. The number of amides is 1. The Morgan fingerprint density at radius 2 is 1.55 bits per heavy atom. The number of ketones is 1. The lowest BCUT2D eigenvalue weighted by atomic mass is 9.92. The SMILES string of the molecule is O=C(C1=Cc2cc(Cl)ccc2OC1)C1Oc2ccc(Cl)cc2C=C1C(=O)N1CCC(c2cn(Cc3ccccc3)c3ccccc23)C1. The molecule has 3 aliphatic rings. The second-order valence-corrected chi connectivity index (χ2v) is 13.1. The molecule has 0 radical (unpaired) electrons. The number of hydrogen-bond acceptors (Lipinski definition) is 4. The summed E-state index contributed by atoms with van der Waals surface area (Å²) in [4.78, 5) is 30.3. The molecular formula is C39H30Cl2N2O4. The van der Waals surface area contributed by atoms with Crippen LogP contribution >= 0.6 is 23.2 Å². The van der Waals surface area contributed by atoms with Crippen LogP contribution in [-0.2, 0) is 16.1 Å². The van der Waals surface area contributed by atoms with E-state index in [2.05, 4.69) is 59.3 Å². The van der Waals surface area contributed by atoms with E-state index in [-0.39, 0.29) is 29.8 Å². The molecule has 47 heavy (non-hydrogen) atoms. The quantitative estimate of drug-likeness (QED) is 0.184. The summed E-state index contributed by atoms with van der Waals surface area (Å²) in [6, 6.07) is 29.3. The molecule has 6 nitrogen and oxygen atoms in total. The van der Waals surface area contributed by atoms with E-state index in [1.807, 2.05) is 11.0 Å². The summed E-state index contributed by atoms with van der Waals surface area (Å²) in [5.74, 6) is 0.754. The van der Waals surface area contributed by atoms with E-state index >= 15 is 0 Å². The first-order valence-electron chi connectivity index (χ1n) is 15.7. The zero-order valence-electron chi connectivity index (χ0n) is 25.4. The summed E-state index contributed by atoms with van der Waals surface area (Å²) < 4.78 is 14.5. The maximum absolute atomic E-state index is 14.3. The van der Waals surface area contributed by atoms with Crippen molar-refractivity contribution in [3.63, 3.8) is 0 Å². The van der Waals surface area contributed by atoms with Crippen molar-refractivity contribution >= 4 is 57.9 Å². The van der Waals surface area contributed by atoms with Gasteiger partial charge in [0.1, 0.15) is 18.1 Å². The number of para-hydroxylation sites is 1. The smallest absolute Gasteiger partial charge is 0.254 e. The van der Waals surface area contributed by atoms with Crippen molar-refractivity contribution in [3.8, 4) is 11.5 Å². The van der Waals surface area contributed by atoms with Gasteiger partial charge in [0.15, 0.2) is 6.10 Å². The van der Waals surface area contributed by atoms with Crippen molar-refractivity contribution in [1.29, 1.82) is 0 Å². The third kappa shape index (κ3) is 5.62. The zero-order chi connectivity index (χ0) is 32.1. The van der Waals surface area contributed by atoms with Gasteiger partial charge in [-0.2, -0.15) is 0 Å². The summed E-state index contributed by atoms with van der Waals surface area (Å²) in [5.41, 5.74) is 5.70. The summed E-state index contributed by atoms with van der Waals surface area (Å²) in [6.07, 6.45) is 5.45. The van der Waals surface area contributed by atoms with Crippen LogP contribution in [0.25, 0.3) is 23.1 Å². The minimum Gasteiger partial charge on any atom is -0.488 e. The lowest BCUT2D eigenvalue weighted by Gasteiger charge is -2.29. The molecule has 0 bridgehead atoms. The molecule has 1 fully saturated rings. The van der Waals surface area contributed by atoms with Gasteiger partial charge in [-0.25, -0.2) is 0 Å². The van der Waals surface area contributed by atoms with Gasteiger partial charge in [0.2, 0.25) is 5.78 Å². The van der Waals surface area contributed by atoms with Crippen LogP contribution in [0.4, 0.5) is 0 Å². The number of carbonyl (C=O) groups is 2. The molecule has 4 aromatic carbocycles. The molecule has 5 aromatic rings. The van der Waals surface area contributed by atoms with E-state index in [0.29, 0.717) is 51.3 Å². The van der Waals surface area contributed by atoms with Crippen LogP contribution in [0.1, 0.15) is 34.6 Å². The Bertz CT molecular complexity index is 2120. The van der Waals surface area contributed by atoms with Gasteiger partial charge in [-0.15, -0.1) is 0 Å². The number of ether oxygens (including phenoxy) is 2. The Morgan fingerprint density at radius 1 is 0.830 bits per heavy atom. The number of nitrogens with zero attached hydrogens (tertiary/aromatic N) is 2. The fourth-order valence-corrected chi connectivity index (χ4v) is 7.25. The first kappa shape index (κ1) is 29.6. The zero-order valence-corrected chi connectivity index (χ0v) is 26.9. The monoisotopic (exact) mass is 660 g/mol. The molecule has 2 unspecified atom stereocenters. The Labute approximate surface area is 282 Å². The topological polar surface area (TPSA) is 60.8 Å². The van der Waals surface area contributed by atoms with Crippen molar-refractivity contribution < 1.29 is 19.1 Å². The summed E-state index contributed by atoms with van der Waals surface area (Å²) in [6.45, 7) is 1.95. The number of likely N-dealkylation sites (tertiary alicyclic amines) is 1. The average molecular weight is 662 g/mol. The van der Waals surface area contributed by atoms with Gasteiger partial charge >= 0.3 is 0 Å². The Morgan fingerprint density at radius 3 is 2.36 bits per heavy atom. The fraction of sp³-hybridized carbons (Fsp3) is 0.179. The van der Waals surface area contributed by atoms with Crippen LogP contribution < -0.4 is 9.47 Å². The van der Waals surface area contributed by atoms with Gasteiger partial charge < -0.3 is 18.9 Å². The molecule has 1 amide bonds. The van der Waals surface area contributed by atoms with E-state index < -0.39 is 6.10 Å². The Hall–Kier alpha value is -4.78. The maximum Gasteiger partial charge on any atom is 0.254 e. The molecule has 8 heteroatoms. The number of halogens is 2. The van der Waals surface area contributed by atoms with Crippen molar-refractivity contribution in [2.45, 2.75) is 25.0 Å². The highest BCUT2D eigenvalue weighted by molar-refractivity contribution is 6.31. The molecule has 0 spiro atoms. The molecule has 4 heterocycles. The number of Topliss-reactive ketones (excluding diaryl/α,β-unsaturated/α-hetero) is 1. The predicted octanol–water partition coefficient (Wildman–Crippen LogP) is 8.20. The molecule has 0 saturated carbocycles. The highest BCUT2D eigenvalue weighted by Gasteiger charge is 2.40. The molecule has 3 aliphatic heterocycles. The van der Waals surface area contributed by atoms with Gasteiger partial charge in [-0.05, 0) is 72.2 Å². The first-order valence-corrected chi connectivity index (χ1v) is 16.4. The lowest BCUT2D eigenvalue weighted by molar-refractivity contribution is -0.130. The molecule has 0 N–H and O–H groups in total. The molecule has 8 rings (SSSR count). The van der Waals surface area contributed by atoms with Gasteiger partial charge in [-0.3, -0.25) is 9.59 Å². The summed E-state index contributed by atoms with van der Waals surface area (Å²) in [5, 5.41) is 2.26. The van der Waals surface area contributed by atoms with Crippen molar-refractivity contribution in [1.82, 2.24) is 9.47 Å². The van der Waals surface area contributed by atoms with Crippen LogP contribution in [0, 0.1) is 0 Å². The van der Waals surface area contributed by atoms with Crippen LogP contribution in [0.15, 0.2) is 108 Å². The average Bonchev–Trinajstić information content (AvgIpc) is 3.73. The van der Waals surface area contributed by atoms with E-state index in [4.69, 9.17) is 32.7 Å². The van der Waals surface area contributed by atoms with Gasteiger partial charge in [0.25, 0.3) is 5.91 Å². The van der Waals surface area contributed by atoms with E-state index in [1.165, 1.54) is 22.0 Å². The van der Waals surface area contributed by atoms with E-state index in [1.54, 1.807) is 48.6 Å². The molecule has 1 aromatic heterocycles. The van der Waals surface area contributed by atoms with Crippen LogP contribution in [0.5, 0.6) is 11.5 Å². The van der Waals surface area contributed by atoms with Crippen LogP contribution in [0.3, 0.4) is 0 Å². The number of aromatic nitrogens is 1. The molecule has 234 valence electrons. The van der Waals surface area contributed by atoms with Crippen molar-refractivity contribution in [3.05, 3.63) is 141 Å². The summed E-state index contributed by atoms with van der Waals surface area (Å²) >= 11 is 12.5. The third-order valence-corrected chi connectivity index (χ3v) is 9.70. The summed E-state index contributed by atoms with van der Waals surface area (Å²) in [7, 11) is 0. The molecule has 1 saturated heterocycles. The number of carbonyl (C=O) groups excluding carboxylic acids is 2. The number of rotatable bonds is 6. The highest BCUT2D eigenvalue weighted by atomic mass is 35.5. The molecular weight excluding hydrogens is 631 g/mol. The van der Waals surface area contributed by atoms with E-state index in [9.17, 15) is 9.59 Å². The van der Waals surface area contributed by atoms with E-state index in [0.717, 1.165) is 13.0 Å². The second-order valence-electron chi connectivity index (χ2n) is 12.2. The van der Waals surface area contributed by atoms with Crippen molar-refractivity contribution in [2.75, 3.05) is 19.7 Å². The largest absolute Gasteiger partial charge is 0.488 e. The third-order valence-electron chi connectivity index (χ3n) is 9.23. The maximum atomic E-state index is 14.3. The minimum atomic E-state index is -1.13. The number of benzene rings is 4. The molecule has 0 aliphatic carbocycles. The first-order chi connectivity index (χ1) is 22.9. The number of fused-ring (bicyclic) bond motifs is 3. The van der Waals surface area contributed by atoms with Crippen LogP contribution in [-0.4, -0.2) is 47.0 Å². The standard InChI is InChI=1S/C39H30Cl2N2O4/c40-29-10-12-35-26(17-29)16-28(23-46-35)37(44)38-32(19-27-18-30(41)11-13-36(27)47-38)39(45)42-15-14-25(21-42)33-22-43(20-24-6-2-1-3-7-24)34-9-5-4-8-31(33)34/h1-13,16-19,22,25,38H,14-15,20-21,23H2. The minimum absolute atomic E-state index is 0.0705. The Balaban J connectivity index is 1.09. The number of hydrogen-bond donors (Lipinski definition) is 0.